The Morgan fingerprint density at radius 1 is 1.03 bits per heavy atom. The molecule has 1 amide bonds. The smallest absolute Gasteiger partial charge is 0.411 e. The third-order valence-corrected chi connectivity index (χ3v) is 11.8. The van der Waals surface area contributed by atoms with Gasteiger partial charge in [0.15, 0.2) is 17.7 Å². The summed E-state index contributed by atoms with van der Waals surface area (Å²) in [6.07, 6.45) is -4.79. The SMILES string of the molecule is CC[C@H]1OC(=O)[C@@](C)(F)C(=O)[C@H](C)[C@@H](O[C@@H]2O[C@H](C)CC(N)C2O)[C@](C)(OC)C[C@@H](C)C(=O)[C@H](C)[C@H]2N(CC#CCn3cc(-c4cc(N)nc(N)n4)nn3)C(=O)O[C@]12C. The molecule has 0 aromatic carbocycles. The van der Waals surface area contributed by atoms with Gasteiger partial charge in [0.2, 0.25) is 5.95 Å². The zero-order chi connectivity index (χ0) is 43.8. The Kier molecular flexibility index (Phi) is 13.4. The van der Waals surface area contributed by atoms with Gasteiger partial charge in [-0.25, -0.2) is 23.6 Å². The lowest BCUT2D eigenvalue weighted by Crippen LogP contribution is -2.61. The Morgan fingerprint density at radius 3 is 2.36 bits per heavy atom. The van der Waals surface area contributed by atoms with Crippen LogP contribution in [0.1, 0.15) is 74.7 Å². The van der Waals surface area contributed by atoms with Crippen LogP contribution in [0.5, 0.6) is 0 Å². The van der Waals surface area contributed by atoms with E-state index in [0.717, 1.165) is 6.92 Å². The van der Waals surface area contributed by atoms with E-state index in [1.807, 2.05) is 0 Å². The van der Waals surface area contributed by atoms with E-state index < -0.39 is 95.3 Å². The number of hydrogen-bond donors (Lipinski definition) is 4. The van der Waals surface area contributed by atoms with Gasteiger partial charge in [-0.15, -0.1) is 5.10 Å². The average Bonchev–Trinajstić information content (AvgIpc) is 3.75. The molecule has 3 saturated heterocycles. The number of carbonyl (C=O) groups excluding carboxylic acids is 4. The van der Waals surface area contributed by atoms with E-state index in [1.165, 1.54) is 36.6 Å². The van der Waals surface area contributed by atoms with Crippen molar-refractivity contribution in [2.24, 2.45) is 23.5 Å². The molecule has 0 bridgehead atoms. The van der Waals surface area contributed by atoms with Crippen LogP contribution in [-0.2, 0) is 44.6 Å². The Balaban J connectivity index is 1.49. The van der Waals surface area contributed by atoms with Crippen molar-refractivity contribution in [2.45, 2.75) is 141 Å². The highest BCUT2D eigenvalue weighted by atomic mass is 19.1. The highest BCUT2D eigenvalue weighted by molar-refractivity contribution is 6.08. The van der Waals surface area contributed by atoms with Gasteiger partial charge >= 0.3 is 12.1 Å². The fourth-order valence-corrected chi connectivity index (χ4v) is 8.58. The van der Waals surface area contributed by atoms with Gasteiger partial charge in [0.05, 0.1) is 42.3 Å². The Morgan fingerprint density at radius 2 is 1.71 bits per heavy atom. The molecule has 0 aliphatic carbocycles. The van der Waals surface area contributed by atoms with E-state index in [-0.39, 0.29) is 43.5 Å². The summed E-state index contributed by atoms with van der Waals surface area (Å²) in [5.41, 5.74) is 11.9. The molecule has 5 rings (SSSR count). The van der Waals surface area contributed by atoms with Gasteiger partial charge in [0, 0.05) is 37.0 Å². The standard InChI is InChI=1S/C39H56FN9O10/c1-10-26-39(8)30(49(36(54)59-39)14-12-11-13-48-18-25(46-47-48)24-16-27(42)45-35(43)44-24)21(4)28(50)19(2)17-37(6,55-9)32(22(5)31(52)38(7,40)34(53)57-26)58-33-29(51)23(41)15-20(3)56-33/h16,18-23,26,29-30,32-33,51H,10,13-15,17,41H2,1-9H3,(H4,42,43,44,45)/t19-,20-,21+,22+,23?,26-,29?,30-,32-,33+,37-,38+,39-/m1/s1. The van der Waals surface area contributed by atoms with Crippen LogP contribution < -0.4 is 17.2 Å². The van der Waals surface area contributed by atoms with Gasteiger partial charge in [0.25, 0.3) is 5.67 Å². The highest BCUT2D eigenvalue weighted by Gasteiger charge is 2.61. The summed E-state index contributed by atoms with van der Waals surface area (Å²) in [6.45, 7) is 11.8. The molecule has 0 saturated carbocycles. The molecular weight excluding hydrogens is 773 g/mol. The van der Waals surface area contributed by atoms with Crippen molar-refractivity contribution in [1.29, 1.82) is 0 Å². The van der Waals surface area contributed by atoms with Crippen molar-refractivity contribution in [1.82, 2.24) is 29.9 Å². The number of anilines is 2. The second-order valence-corrected chi connectivity index (χ2v) is 16.3. The molecule has 3 aliphatic heterocycles. The zero-order valence-corrected chi connectivity index (χ0v) is 34.9. The van der Waals surface area contributed by atoms with Crippen LogP contribution in [0.25, 0.3) is 11.4 Å². The molecule has 3 aliphatic rings. The van der Waals surface area contributed by atoms with Crippen molar-refractivity contribution in [3.05, 3.63) is 12.3 Å². The fourth-order valence-electron chi connectivity index (χ4n) is 8.58. The monoisotopic (exact) mass is 829 g/mol. The van der Waals surface area contributed by atoms with Gasteiger partial charge in [-0.1, -0.05) is 44.7 Å². The minimum atomic E-state index is -3.23. The molecule has 324 valence electrons. The third kappa shape index (κ3) is 9.04. The van der Waals surface area contributed by atoms with E-state index in [1.54, 1.807) is 40.8 Å². The first-order valence-corrected chi connectivity index (χ1v) is 19.6. The lowest BCUT2D eigenvalue weighted by molar-refractivity contribution is -0.288. The number of ketones is 2. The minimum absolute atomic E-state index is 0.0168. The second-order valence-electron chi connectivity index (χ2n) is 16.3. The molecule has 2 unspecified atom stereocenters. The molecule has 5 heterocycles. The topological polar surface area (TPSA) is 272 Å². The number of rotatable bonds is 7. The summed E-state index contributed by atoms with van der Waals surface area (Å²) in [5.74, 6) is -0.254. The predicted molar refractivity (Wildman–Crippen MR) is 208 cm³/mol. The predicted octanol–water partition coefficient (Wildman–Crippen LogP) is 1.60. The number of nitrogens with zero attached hydrogens (tertiary/aromatic N) is 6. The van der Waals surface area contributed by atoms with Crippen LogP contribution in [-0.4, -0.2) is 132 Å². The number of esters is 1. The van der Waals surface area contributed by atoms with Crippen molar-refractivity contribution in [3.8, 4) is 23.2 Å². The Bertz CT molecular complexity index is 1950. The van der Waals surface area contributed by atoms with Gasteiger partial charge in [0.1, 0.15) is 36.0 Å². The number of aliphatic hydroxyl groups is 1. The maximum absolute atomic E-state index is 16.8. The number of aliphatic hydroxyl groups excluding tert-OH is 1. The number of cyclic esters (lactones) is 1. The molecule has 13 atom stereocenters. The van der Waals surface area contributed by atoms with E-state index in [0.29, 0.717) is 17.8 Å². The van der Waals surface area contributed by atoms with Crippen molar-refractivity contribution in [2.75, 3.05) is 25.1 Å². The molecule has 2 aromatic heterocycles. The second kappa shape index (κ2) is 17.4. The van der Waals surface area contributed by atoms with Gasteiger partial charge in [-0.05, 0) is 47.0 Å². The van der Waals surface area contributed by atoms with Gasteiger partial charge < -0.3 is 46.0 Å². The van der Waals surface area contributed by atoms with Gasteiger partial charge in [-0.2, -0.15) is 4.98 Å². The number of alkyl halides is 1. The summed E-state index contributed by atoms with van der Waals surface area (Å²) in [6, 6.07) is -0.326. The number of nitrogens with two attached hydrogens (primary N) is 3. The normalized spacial score (nSPS) is 37.2. The summed E-state index contributed by atoms with van der Waals surface area (Å²) in [4.78, 5) is 65.5. The Labute approximate surface area is 342 Å². The van der Waals surface area contributed by atoms with Crippen LogP contribution >= 0.6 is 0 Å². The number of nitrogen functional groups attached to an aromatic ring is 2. The molecule has 7 N–H and O–H groups in total. The first kappa shape index (κ1) is 45.3. The summed E-state index contributed by atoms with van der Waals surface area (Å²) >= 11 is 0. The van der Waals surface area contributed by atoms with Crippen LogP contribution in [0.3, 0.4) is 0 Å². The zero-order valence-electron chi connectivity index (χ0n) is 34.9. The Hall–Kier alpha value is -4.81. The maximum Gasteiger partial charge on any atom is 0.411 e. The first-order chi connectivity index (χ1) is 27.6. The number of halogens is 1. The van der Waals surface area contributed by atoms with Crippen molar-refractivity contribution >= 4 is 35.4 Å². The first-order valence-electron chi connectivity index (χ1n) is 19.6. The molecule has 3 fully saturated rings. The van der Waals surface area contributed by atoms with Crippen LogP contribution in [0.15, 0.2) is 12.3 Å². The van der Waals surface area contributed by atoms with Crippen LogP contribution in [0, 0.1) is 29.6 Å². The number of hydrogen-bond acceptors (Lipinski definition) is 17. The maximum atomic E-state index is 16.8. The molecular formula is C39H56FN9O10. The number of amides is 1. The van der Waals surface area contributed by atoms with Crippen molar-refractivity contribution in [3.63, 3.8) is 0 Å². The van der Waals surface area contributed by atoms with E-state index in [2.05, 4.69) is 32.1 Å². The number of Topliss-reactive ketones (excluding diaryl/α,β-unsaturated/α-hetero) is 2. The number of methoxy groups -OCH3 is 1. The van der Waals surface area contributed by atoms with Gasteiger partial charge in [-0.3, -0.25) is 14.5 Å². The molecule has 19 nitrogen and oxygen atoms in total. The van der Waals surface area contributed by atoms with Crippen LogP contribution in [0.4, 0.5) is 21.0 Å². The van der Waals surface area contributed by atoms with E-state index in [9.17, 15) is 24.3 Å². The molecule has 2 aromatic rings. The minimum Gasteiger partial charge on any atom is -0.455 e. The highest BCUT2D eigenvalue weighted by Crippen LogP contribution is 2.43. The van der Waals surface area contributed by atoms with E-state index >= 15 is 4.39 Å². The molecule has 59 heavy (non-hydrogen) atoms. The fraction of sp³-hybridized carbons (Fsp3) is 0.692. The number of aromatic nitrogens is 5. The number of carbonyl (C=O) groups is 4. The quantitative estimate of drug-likeness (QED) is 0.175. The van der Waals surface area contributed by atoms with Crippen molar-refractivity contribution < 1.29 is 52.4 Å². The average molecular weight is 830 g/mol. The molecule has 0 radical (unpaired) electrons. The number of ether oxygens (including phenoxy) is 5. The molecule has 0 spiro atoms. The summed E-state index contributed by atoms with van der Waals surface area (Å²) < 4.78 is 48.1. The van der Waals surface area contributed by atoms with Crippen LogP contribution in [0.2, 0.25) is 0 Å². The largest absolute Gasteiger partial charge is 0.455 e. The third-order valence-electron chi connectivity index (χ3n) is 11.8. The lowest BCUT2D eigenvalue weighted by Gasteiger charge is -2.46. The molecule has 20 heteroatoms. The summed E-state index contributed by atoms with van der Waals surface area (Å²) in [7, 11) is 1.35. The van der Waals surface area contributed by atoms with E-state index in [4.69, 9.17) is 40.9 Å². The summed E-state index contributed by atoms with van der Waals surface area (Å²) in [5, 5.41) is 19.1. The lowest BCUT2D eigenvalue weighted by atomic mass is 9.73. The number of fused-ring (bicyclic) bond motifs is 1.